The summed E-state index contributed by atoms with van der Waals surface area (Å²) in [6.07, 6.45) is 2.61. The number of nitrogens with zero attached hydrogens (tertiary/aromatic N) is 2. The number of rotatable bonds is 6. The van der Waals surface area contributed by atoms with Gasteiger partial charge >= 0.3 is 6.09 Å². The van der Waals surface area contributed by atoms with Crippen molar-refractivity contribution in [2.75, 3.05) is 13.1 Å². The minimum absolute atomic E-state index is 0.121. The van der Waals surface area contributed by atoms with E-state index in [9.17, 15) is 9.59 Å². The second-order valence-electron chi connectivity index (χ2n) is 11.6. The number of hydrogen-bond donors (Lipinski definition) is 0. The number of ketones is 1. The second kappa shape index (κ2) is 9.28. The number of carbonyl (C=O) groups excluding carboxylic acids is 2. The summed E-state index contributed by atoms with van der Waals surface area (Å²) in [5.41, 5.74) is 3.25. The van der Waals surface area contributed by atoms with Gasteiger partial charge in [-0.1, -0.05) is 41.5 Å². The van der Waals surface area contributed by atoms with E-state index in [2.05, 4.69) is 64.1 Å². The molecule has 2 aromatic rings. The van der Waals surface area contributed by atoms with Crippen LogP contribution >= 0.6 is 0 Å². The van der Waals surface area contributed by atoms with Gasteiger partial charge in [-0.3, -0.25) is 4.79 Å². The molecule has 1 atom stereocenters. The summed E-state index contributed by atoms with van der Waals surface area (Å²) >= 11 is 0. The molecule has 1 amide bonds. The van der Waals surface area contributed by atoms with Crippen molar-refractivity contribution < 1.29 is 14.3 Å². The number of carbonyl (C=O) groups is 2. The molecule has 1 saturated heterocycles. The number of aromatic nitrogens is 1. The van der Waals surface area contributed by atoms with Crippen LogP contribution in [0.25, 0.3) is 10.9 Å². The van der Waals surface area contributed by atoms with E-state index in [1.165, 1.54) is 5.52 Å². The number of likely N-dealkylation sites (tertiary alicyclic amines) is 1. The summed E-state index contributed by atoms with van der Waals surface area (Å²) in [7, 11) is -1.85. The number of hydrogen-bond acceptors (Lipinski definition) is 3. The normalized spacial score (nSPS) is 17.6. The molecule has 0 spiro atoms. The average Bonchev–Trinajstić information content (AvgIpc) is 3.33. The molecule has 1 aromatic heterocycles. The lowest BCUT2D eigenvalue weighted by atomic mass is 9.96. The van der Waals surface area contributed by atoms with E-state index in [1.54, 1.807) is 4.90 Å². The Hall–Kier alpha value is -2.08. The van der Waals surface area contributed by atoms with Gasteiger partial charge in [0.15, 0.2) is 14.0 Å². The molecule has 2 heterocycles. The maximum atomic E-state index is 13.3. The molecule has 0 radical (unpaired) electrons. The summed E-state index contributed by atoms with van der Waals surface area (Å²) in [5.74, 6) is -0.0525. The Balaban J connectivity index is 1.86. The Kier molecular flexibility index (Phi) is 7.18. The first-order valence-corrected chi connectivity index (χ1v) is 14.6. The standard InChI is InChI=1S/C27H42N2O3Si/c1-18(2)33(19(3)4,20(5)6)29-15-13-21-16-22(10-11-24(21)29)25(30)23-12-14-28(17-23)26(31)32-27(7,8)9/h10-11,13,15-16,18-20,23H,12,14,17H2,1-9H3. The van der Waals surface area contributed by atoms with Gasteiger partial charge in [-0.2, -0.15) is 0 Å². The van der Waals surface area contributed by atoms with Crippen LogP contribution in [0.5, 0.6) is 0 Å². The molecule has 5 nitrogen and oxygen atoms in total. The number of amides is 1. The molecule has 3 rings (SSSR count). The zero-order valence-electron chi connectivity index (χ0n) is 21.9. The van der Waals surface area contributed by atoms with Gasteiger partial charge in [0.2, 0.25) is 0 Å². The van der Waals surface area contributed by atoms with Crippen molar-refractivity contribution in [2.24, 2.45) is 5.92 Å². The Labute approximate surface area is 200 Å². The van der Waals surface area contributed by atoms with Gasteiger partial charge in [-0.25, -0.2) is 4.79 Å². The number of Topliss-reactive ketones (excluding diaryl/α,β-unsaturated/α-hetero) is 1. The Morgan fingerprint density at radius 1 is 1.00 bits per heavy atom. The molecule has 6 heteroatoms. The van der Waals surface area contributed by atoms with Crippen molar-refractivity contribution in [1.82, 2.24) is 9.13 Å². The lowest BCUT2D eigenvalue weighted by molar-refractivity contribution is 0.0289. The highest BCUT2D eigenvalue weighted by molar-refractivity contribution is 6.82. The van der Waals surface area contributed by atoms with Crippen LogP contribution in [0.2, 0.25) is 16.6 Å². The van der Waals surface area contributed by atoms with Crippen LogP contribution in [0.3, 0.4) is 0 Å². The minimum atomic E-state index is -1.85. The molecule has 0 aliphatic carbocycles. The van der Waals surface area contributed by atoms with Gasteiger partial charge in [0.25, 0.3) is 0 Å². The third-order valence-electron chi connectivity index (χ3n) is 7.38. The highest BCUT2D eigenvalue weighted by Gasteiger charge is 2.45. The fraction of sp³-hybridized carbons (Fsp3) is 0.630. The van der Waals surface area contributed by atoms with Gasteiger partial charge < -0.3 is 13.9 Å². The lowest BCUT2D eigenvalue weighted by Gasteiger charge is -2.44. The molecule has 1 fully saturated rings. The van der Waals surface area contributed by atoms with Crippen molar-refractivity contribution in [2.45, 2.75) is 91.0 Å². The topological polar surface area (TPSA) is 51.5 Å². The van der Waals surface area contributed by atoms with Gasteiger partial charge in [0, 0.05) is 30.1 Å². The fourth-order valence-electron chi connectivity index (χ4n) is 6.17. The van der Waals surface area contributed by atoms with Crippen molar-refractivity contribution in [1.29, 1.82) is 0 Å². The molecule has 33 heavy (non-hydrogen) atoms. The summed E-state index contributed by atoms with van der Waals surface area (Å²) < 4.78 is 8.06. The van der Waals surface area contributed by atoms with E-state index in [1.807, 2.05) is 32.9 Å². The Morgan fingerprint density at radius 3 is 2.15 bits per heavy atom. The van der Waals surface area contributed by atoms with Gasteiger partial charge in [0.1, 0.15) is 5.60 Å². The van der Waals surface area contributed by atoms with Crippen molar-refractivity contribution >= 4 is 31.0 Å². The fourth-order valence-corrected chi connectivity index (χ4v) is 12.8. The molecule has 0 N–H and O–H groups in total. The van der Waals surface area contributed by atoms with Gasteiger partial charge in [0.05, 0.1) is 0 Å². The first-order valence-electron chi connectivity index (χ1n) is 12.4. The van der Waals surface area contributed by atoms with Gasteiger partial charge in [-0.15, -0.1) is 0 Å². The summed E-state index contributed by atoms with van der Waals surface area (Å²) in [6, 6.07) is 8.34. The molecular weight excluding hydrogens is 428 g/mol. The van der Waals surface area contributed by atoms with Crippen LogP contribution in [0, 0.1) is 5.92 Å². The second-order valence-corrected chi connectivity index (χ2v) is 17.3. The maximum Gasteiger partial charge on any atom is 0.410 e. The predicted molar refractivity (Wildman–Crippen MR) is 139 cm³/mol. The SMILES string of the molecule is CC(C)[Si](C(C)C)(C(C)C)n1ccc2cc(C(=O)C3CCN(C(=O)OC(C)(C)C)C3)ccc21. The first-order chi connectivity index (χ1) is 15.3. The minimum Gasteiger partial charge on any atom is -0.444 e. The van der Waals surface area contributed by atoms with Crippen LogP contribution in [-0.2, 0) is 4.74 Å². The molecule has 1 unspecified atom stereocenters. The molecular formula is C27H42N2O3Si. The molecule has 182 valence electrons. The predicted octanol–water partition coefficient (Wildman–Crippen LogP) is 7.10. The Bertz CT molecular complexity index is 994. The average molecular weight is 471 g/mol. The summed E-state index contributed by atoms with van der Waals surface area (Å²) in [5, 5.41) is 1.13. The molecule has 1 aromatic carbocycles. The zero-order valence-corrected chi connectivity index (χ0v) is 22.9. The van der Waals surface area contributed by atoms with Crippen LogP contribution in [-0.4, -0.2) is 47.9 Å². The molecule has 1 aliphatic rings. The largest absolute Gasteiger partial charge is 0.444 e. The highest BCUT2D eigenvalue weighted by Crippen LogP contribution is 2.44. The molecule has 0 saturated carbocycles. The van der Waals surface area contributed by atoms with Crippen LogP contribution < -0.4 is 0 Å². The van der Waals surface area contributed by atoms with E-state index in [4.69, 9.17) is 4.74 Å². The first kappa shape index (κ1) is 25.5. The van der Waals surface area contributed by atoms with E-state index >= 15 is 0 Å². The van der Waals surface area contributed by atoms with Crippen molar-refractivity contribution in [3.63, 3.8) is 0 Å². The third kappa shape index (κ3) is 4.77. The molecule has 1 aliphatic heterocycles. The quantitative estimate of drug-likeness (QED) is 0.334. The van der Waals surface area contributed by atoms with Crippen LogP contribution in [0.15, 0.2) is 30.5 Å². The maximum absolute atomic E-state index is 13.3. The lowest BCUT2D eigenvalue weighted by Crippen LogP contribution is -2.51. The summed E-state index contributed by atoms with van der Waals surface area (Å²) in [6.45, 7) is 20.8. The van der Waals surface area contributed by atoms with E-state index in [-0.39, 0.29) is 17.8 Å². The number of benzene rings is 1. The van der Waals surface area contributed by atoms with Gasteiger partial charge in [-0.05, 0) is 79.7 Å². The molecule has 0 bridgehead atoms. The van der Waals surface area contributed by atoms with E-state index < -0.39 is 13.8 Å². The van der Waals surface area contributed by atoms with E-state index in [0.717, 1.165) is 10.9 Å². The zero-order chi connectivity index (χ0) is 24.7. The number of fused-ring (bicyclic) bond motifs is 1. The smallest absolute Gasteiger partial charge is 0.410 e. The van der Waals surface area contributed by atoms with E-state index in [0.29, 0.717) is 36.1 Å². The highest BCUT2D eigenvalue weighted by atomic mass is 28.3. The summed E-state index contributed by atoms with van der Waals surface area (Å²) in [4.78, 5) is 27.4. The van der Waals surface area contributed by atoms with Crippen LogP contribution in [0.4, 0.5) is 4.79 Å². The monoisotopic (exact) mass is 470 g/mol. The van der Waals surface area contributed by atoms with Crippen molar-refractivity contribution in [3.05, 3.63) is 36.0 Å². The third-order valence-corrected chi connectivity index (χ3v) is 14.2. The number of ether oxygens (including phenoxy) is 1. The van der Waals surface area contributed by atoms with Crippen LogP contribution in [0.1, 0.15) is 79.1 Å². The Morgan fingerprint density at radius 2 is 1.61 bits per heavy atom. The van der Waals surface area contributed by atoms with Crippen molar-refractivity contribution in [3.8, 4) is 0 Å².